The Hall–Kier alpha value is -2.61. The van der Waals surface area contributed by atoms with Gasteiger partial charge in [0.05, 0.1) is 13.0 Å². The molecule has 2 aromatic rings. The Kier molecular flexibility index (Phi) is 6.89. The summed E-state index contributed by atoms with van der Waals surface area (Å²) < 4.78 is 5.54. The van der Waals surface area contributed by atoms with Crippen molar-refractivity contribution in [2.45, 2.75) is 11.8 Å². The van der Waals surface area contributed by atoms with Gasteiger partial charge in [-0.3, -0.25) is 19.3 Å². The van der Waals surface area contributed by atoms with Crippen molar-refractivity contribution >= 4 is 41.9 Å². The summed E-state index contributed by atoms with van der Waals surface area (Å²) in [6.45, 7) is 1.73. The second-order valence-corrected chi connectivity index (χ2v) is 7.97. The lowest BCUT2D eigenvalue weighted by molar-refractivity contribution is -0.143. The molecule has 1 unspecified atom stereocenters. The predicted octanol–water partition coefficient (Wildman–Crippen LogP) is 2.59. The molecule has 31 heavy (non-hydrogen) atoms. The maximum Gasteiger partial charge on any atom is 0.327 e. The number of carboxylic acid groups (broad SMARTS) is 1. The molecule has 1 fully saturated rings. The van der Waals surface area contributed by atoms with E-state index in [1.807, 2.05) is 30.3 Å². The fourth-order valence-electron chi connectivity index (χ4n) is 4.17. The highest BCUT2D eigenvalue weighted by molar-refractivity contribution is 6.30. The van der Waals surface area contributed by atoms with Crippen molar-refractivity contribution in [1.82, 2.24) is 9.80 Å². The highest BCUT2D eigenvalue weighted by Crippen LogP contribution is 2.48. The molecule has 0 bridgehead atoms. The lowest BCUT2D eigenvalue weighted by Gasteiger charge is -2.36. The van der Waals surface area contributed by atoms with Crippen LogP contribution >= 0.6 is 24.0 Å². The molecule has 7 nitrogen and oxygen atoms in total. The third-order valence-electron chi connectivity index (χ3n) is 5.72. The third-order valence-corrected chi connectivity index (χ3v) is 5.95. The maximum absolute atomic E-state index is 13.3. The van der Waals surface area contributed by atoms with Crippen molar-refractivity contribution in [2.75, 3.05) is 32.7 Å². The molecular formula is C22H22Cl2N2O5. The van der Waals surface area contributed by atoms with Crippen LogP contribution in [0.1, 0.15) is 17.5 Å². The van der Waals surface area contributed by atoms with Crippen LogP contribution in [0.2, 0.25) is 5.02 Å². The quantitative estimate of drug-likeness (QED) is 0.540. The van der Waals surface area contributed by atoms with Gasteiger partial charge in [0.25, 0.3) is 0 Å². The minimum Gasteiger partial charge on any atom is -0.480 e. The first-order chi connectivity index (χ1) is 14.4. The number of piperazine rings is 1. The van der Waals surface area contributed by atoms with Crippen molar-refractivity contribution < 1.29 is 24.2 Å². The molecule has 0 radical (unpaired) electrons. The van der Waals surface area contributed by atoms with E-state index in [0.29, 0.717) is 48.1 Å². The van der Waals surface area contributed by atoms with Gasteiger partial charge in [0, 0.05) is 36.8 Å². The second kappa shape index (κ2) is 9.26. The smallest absolute Gasteiger partial charge is 0.327 e. The summed E-state index contributed by atoms with van der Waals surface area (Å²) in [5, 5.41) is 9.41. The molecule has 0 aromatic heterocycles. The predicted molar refractivity (Wildman–Crippen MR) is 117 cm³/mol. The van der Waals surface area contributed by atoms with Gasteiger partial charge in [-0.25, -0.2) is 0 Å². The van der Waals surface area contributed by atoms with E-state index in [0.717, 1.165) is 0 Å². The number of benzene rings is 2. The normalized spacial score (nSPS) is 20.5. The van der Waals surface area contributed by atoms with E-state index in [9.17, 15) is 14.4 Å². The number of halogens is 2. The Morgan fingerprint density at radius 2 is 1.74 bits per heavy atom. The zero-order chi connectivity index (χ0) is 21.3. The molecule has 2 aliphatic rings. The zero-order valence-electron chi connectivity index (χ0n) is 16.6. The van der Waals surface area contributed by atoms with Crippen molar-refractivity contribution in [2.24, 2.45) is 0 Å². The minimum atomic E-state index is -1.27. The first kappa shape index (κ1) is 23.1. The number of rotatable bonds is 5. The molecule has 2 aliphatic heterocycles. The standard InChI is InChI=1S/C22H21ClN2O5.ClH/c23-16-6-7-18-17(12-16)22(21(29)30-18,15-4-2-1-3-5-15)13-19(26)25-10-8-24(9-11-25)14-20(27)28;/h1-7,12H,8-11,13-14H2,(H,27,28);1H. The van der Waals surface area contributed by atoms with Crippen molar-refractivity contribution in [3.63, 3.8) is 0 Å². The van der Waals surface area contributed by atoms with Crippen LogP contribution < -0.4 is 4.74 Å². The van der Waals surface area contributed by atoms with Gasteiger partial charge < -0.3 is 14.7 Å². The lowest BCUT2D eigenvalue weighted by atomic mass is 9.72. The lowest BCUT2D eigenvalue weighted by Crippen LogP contribution is -2.51. The SMILES string of the molecule is Cl.O=C(O)CN1CCN(C(=O)CC2(c3ccccc3)C(=O)Oc3ccc(Cl)cc32)CC1. The van der Waals surface area contributed by atoms with Gasteiger partial charge >= 0.3 is 11.9 Å². The number of fused-ring (bicyclic) bond motifs is 1. The molecular weight excluding hydrogens is 443 g/mol. The highest BCUT2D eigenvalue weighted by Gasteiger charge is 2.52. The first-order valence-corrected chi connectivity index (χ1v) is 10.1. The van der Waals surface area contributed by atoms with Crippen LogP contribution in [-0.2, 0) is 19.8 Å². The average Bonchev–Trinajstić information content (AvgIpc) is 3.00. The van der Waals surface area contributed by atoms with Gasteiger partial charge in [-0.1, -0.05) is 41.9 Å². The van der Waals surface area contributed by atoms with Crippen LogP contribution in [0.3, 0.4) is 0 Å². The monoisotopic (exact) mass is 464 g/mol. The molecule has 1 atom stereocenters. The summed E-state index contributed by atoms with van der Waals surface area (Å²) in [5.41, 5.74) is -0.00510. The van der Waals surface area contributed by atoms with E-state index in [2.05, 4.69) is 0 Å². The Labute approximate surface area is 190 Å². The molecule has 9 heteroatoms. The van der Waals surface area contributed by atoms with Gasteiger partial charge in [0.15, 0.2) is 0 Å². The van der Waals surface area contributed by atoms with Gasteiger partial charge in [0.2, 0.25) is 5.91 Å². The molecule has 0 aliphatic carbocycles. The number of hydrogen-bond acceptors (Lipinski definition) is 5. The molecule has 1 amide bonds. The number of carbonyl (C=O) groups excluding carboxylic acids is 2. The Bertz CT molecular complexity index is 993. The summed E-state index contributed by atoms with van der Waals surface area (Å²) in [5.74, 6) is -1.16. The highest BCUT2D eigenvalue weighted by atomic mass is 35.5. The number of amides is 1. The van der Waals surface area contributed by atoms with Crippen LogP contribution in [0.25, 0.3) is 0 Å². The summed E-state index contributed by atoms with van der Waals surface area (Å²) in [6, 6.07) is 14.1. The molecule has 4 rings (SSSR count). The van der Waals surface area contributed by atoms with E-state index in [-0.39, 0.29) is 31.3 Å². The van der Waals surface area contributed by atoms with Gasteiger partial charge in [-0.05, 0) is 23.8 Å². The largest absolute Gasteiger partial charge is 0.480 e. The van der Waals surface area contributed by atoms with Gasteiger partial charge in [0.1, 0.15) is 11.2 Å². The number of esters is 1. The van der Waals surface area contributed by atoms with Crippen LogP contribution in [0, 0.1) is 0 Å². The molecule has 0 saturated carbocycles. The number of hydrogen-bond donors (Lipinski definition) is 1. The van der Waals surface area contributed by atoms with E-state index in [4.69, 9.17) is 21.4 Å². The van der Waals surface area contributed by atoms with Crippen LogP contribution in [0.5, 0.6) is 5.75 Å². The van der Waals surface area contributed by atoms with E-state index in [1.54, 1.807) is 28.0 Å². The second-order valence-electron chi connectivity index (χ2n) is 7.53. The summed E-state index contributed by atoms with van der Waals surface area (Å²) >= 11 is 6.21. The molecule has 1 N–H and O–H groups in total. The molecule has 2 aromatic carbocycles. The van der Waals surface area contributed by atoms with Crippen molar-refractivity contribution in [1.29, 1.82) is 0 Å². The topological polar surface area (TPSA) is 87.2 Å². The van der Waals surface area contributed by atoms with Crippen molar-refractivity contribution in [3.05, 3.63) is 64.7 Å². The van der Waals surface area contributed by atoms with Crippen molar-refractivity contribution in [3.8, 4) is 5.75 Å². The Morgan fingerprint density at radius 3 is 2.39 bits per heavy atom. The third kappa shape index (κ3) is 4.39. The summed E-state index contributed by atoms with van der Waals surface area (Å²) in [7, 11) is 0. The number of aliphatic carboxylic acids is 1. The number of ether oxygens (including phenoxy) is 1. The maximum atomic E-state index is 13.3. The van der Waals surface area contributed by atoms with Gasteiger partial charge in [-0.2, -0.15) is 0 Å². The molecule has 2 heterocycles. The fourth-order valence-corrected chi connectivity index (χ4v) is 4.34. The molecule has 1 saturated heterocycles. The molecule has 0 spiro atoms. The van der Waals surface area contributed by atoms with E-state index >= 15 is 0 Å². The van der Waals surface area contributed by atoms with Crippen LogP contribution in [0.4, 0.5) is 0 Å². The van der Waals surface area contributed by atoms with E-state index < -0.39 is 17.4 Å². The van der Waals surface area contributed by atoms with Crippen LogP contribution in [0.15, 0.2) is 48.5 Å². The average molecular weight is 465 g/mol. The summed E-state index contributed by atoms with van der Waals surface area (Å²) in [4.78, 5) is 40.8. The number of nitrogens with zero attached hydrogens (tertiary/aromatic N) is 2. The summed E-state index contributed by atoms with van der Waals surface area (Å²) in [6.07, 6.45) is -0.0812. The number of carboxylic acids is 1. The zero-order valence-corrected chi connectivity index (χ0v) is 18.2. The van der Waals surface area contributed by atoms with Gasteiger partial charge in [-0.15, -0.1) is 12.4 Å². The van der Waals surface area contributed by atoms with E-state index in [1.165, 1.54) is 0 Å². The number of carbonyl (C=O) groups is 3. The first-order valence-electron chi connectivity index (χ1n) is 9.70. The van der Waals surface area contributed by atoms with Crippen LogP contribution in [-0.4, -0.2) is 65.5 Å². The molecule has 164 valence electrons. The Balaban J connectivity index is 0.00000272. The fraction of sp³-hybridized carbons (Fsp3) is 0.318. The minimum absolute atomic E-state index is 0. The Morgan fingerprint density at radius 1 is 1.06 bits per heavy atom.